The van der Waals surface area contributed by atoms with E-state index in [0.29, 0.717) is 6.61 Å². The number of rotatable bonds is 1. The van der Waals surface area contributed by atoms with Gasteiger partial charge in [0.05, 0.1) is 24.4 Å². The quantitative estimate of drug-likeness (QED) is 0.754. The van der Waals surface area contributed by atoms with Crippen molar-refractivity contribution in [2.24, 2.45) is 0 Å². The maximum Gasteiger partial charge on any atom is 0.497 e. The number of aromatic nitrogens is 2. The SMILES string of the molecule is CC1(C)OB(c2c3n(c4ncccc24)CCOC3)OC1(C)C. The van der Waals surface area contributed by atoms with Crippen LogP contribution in [0.25, 0.3) is 11.0 Å². The standard InChI is InChI=1S/C16H21BN2O3/c1-15(2)16(3,4)22-17(21-15)13-11-6-5-7-18-14(11)19-8-9-20-10-12(13)19/h5-7H,8-10H2,1-4H3. The molecule has 5 nitrogen and oxygen atoms in total. The fourth-order valence-corrected chi connectivity index (χ4v) is 3.20. The molecule has 6 heteroatoms. The maximum absolute atomic E-state index is 6.26. The molecule has 0 radical (unpaired) electrons. The van der Waals surface area contributed by atoms with Gasteiger partial charge in [0, 0.05) is 29.3 Å². The number of hydrogen-bond donors (Lipinski definition) is 0. The largest absolute Gasteiger partial charge is 0.497 e. The second kappa shape index (κ2) is 4.57. The van der Waals surface area contributed by atoms with E-state index in [2.05, 4.69) is 43.3 Å². The third-order valence-electron chi connectivity index (χ3n) is 5.16. The fourth-order valence-electron chi connectivity index (χ4n) is 3.20. The van der Waals surface area contributed by atoms with E-state index in [-0.39, 0.29) is 18.3 Å². The van der Waals surface area contributed by atoms with Crippen LogP contribution in [0.5, 0.6) is 0 Å². The highest BCUT2D eigenvalue weighted by molar-refractivity contribution is 6.65. The summed E-state index contributed by atoms with van der Waals surface area (Å²) in [5.41, 5.74) is 2.48. The Balaban J connectivity index is 1.89. The second-order valence-electron chi connectivity index (χ2n) is 7.03. The van der Waals surface area contributed by atoms with Crippen molar-refractivity contribution < 1.29 is 14.0 Å². The molecule has 1 fully saturated rings. The molecule has 0 N–H and O–H groups in total. The number of fused-ring (bicyclic) bond motifs is 3. The van der Waals surface area contributed by atoms with Gasteiger partial charge in [0.1, 0.15) is 5.65 Å². The van der Waals surface area contributed by atoms with E-state index in [1.807, 2.05) is 12.3 Å². The molecule has 2 aromatic heterocycles. The van der Waals surface area contributed by atoms with Gasteiger partial charge in [-0.25, -0.2) is 4.98 Å². The molecular weight excluding hydrogens is 279 g/mol. The molecule has 22 heavy (non-hydrogen) atoms. The Hall–Kier alpha value is -1.37. The van der Waals surface area contributed by atoms with Crippen LogP contribution in [0.1, 0.15) is 33.4 Å². The predicted octanol–water partition coefficient (Wildman–Crippen LogP) is 1.87. The highest BCUT2D eigenvalue weighted by Crippen LogP contribution is 2.37. The average Bonchev–Trinajstić information content (AvgIpc) is 2.90. The Morgan fingerprint density at radius 3 is 2.64 bits per heavy atom. The number of nitrogens with zero attached hydrogens (tertiary/aromatic N) is 2. The van der Waals surface area contributed by atoms with Gasteiger partial charge in [0.15, 0.2) is 0 Å². The smallest absolute Gasteiger partial charge is 0.399 e. The van der Waals surface area contributed by atoms with Crippen molar-refractivity contribution in [2.75, 3.05) is 6.61 Å². The first-order chi connectivity index (χ1) is 10.4. The first kappa shape index (κ1) is 14.2. The maximum atomic E-state index is 6.26. The van der Waals surface area contributed by atoms with E-state index in [9.17, 15) is 0 Å². The average molecular weight is 300 g/mol. The Bertz CT molecular complexity index is 722. The van der Waals surface area contributed by atoms with Gasteiger partial charge in [-0.2, -0.15) is 0 Å². The van der Waals surface area contributed by atoms with Crippen LogP contribution in [0.3, 0.4) is 0 Å². The van der Waals surface area contributed by atoms with Gasteiger partial charge in [-0.15, -0.1) is 0 Å². The summed E-state index contributed by atoms with van der Waals surface area (Å²) in [6, 6.07) is 4.05. The first-order valence-corrected chi connectivity index (χ1v) is 7.80. The van der Waals surface area contributed by atoms with Gasteiger partial charge in [-0.1, -0.05) is 6.07 Å². The van der Waals surface area contributed by atoms with Crippen LogP contribution < -0.4 is 5.46 Å². The van der Waals surface area contributed by atoms with Crippen LogP contribution in [-0.2, 0) is 27.2 Å². The molecule has 0 saturated carbocycles. The van der Waals surface area contributed by atoms with Gasteiger partial charge in [-0.05, 0) is 33.8 Å². The lowest BCUT2D eigenvalue weighted by molar-refractivity contribution is 0.00578. The van der Waals surface area contributed by atoms with E-state index < -0.39 is 0 Å². The number of ether oxygens (including phenoxy) is 1. The van der Waals surface area contributed by atoms with E-state index in [1.165, 1.54) is 0 Å². The van der Waals surface area contributed by atoms with Crippen LogP contribution in [0.15, 0.2) is 18.3 Å². The minimum absolute atomic E-state index is 0.351. The first-order valence-electron chi connectivity index (χ1n) is 7.80. The van der Waals surface area contributed by atoms with Crippen LogP contribution in [0.4, 0.5) is 0 Å². The van der Waals surface area contributed by atoms with Crippen LogP contribution >= 0.6 is 0 Å². The highest BCUT2D eigenvalue weighted by Gasteiger charge is 2.53. The molecule has 0 unspecified atom stereocenters. The van der Waals surface area contributed by atoms with Crippen molar-refractivity contribution >= 4 is 23.6 Å². The van der Waals surface area contributed by atoms with E-state index in [1.54, 1.807) is 0 Å². The summed E-state index contributed by atoms with van der Waals surface area (Å²) in [5, 5.41) is 1.10. The lowest BCUT2D eigenvalue weighted by atomic mass is 9.77. The molecule has 0 bridgehead atoms. The fraction of sp³-hybridized carbons (Fsp3) is 0.562. The zero-order valence-corrected chi connectivity index (χ0v) is 13.5. The Morgan fingerprint density at radius 2 is 1.91 bits per heavy atom. The zero-order valence-electron chi connectivity index (χ0n) is 13.5. The normalized spacial score (nSPS) is 23.0. The van der Waals surface area contributed by atoms with Gasteiger partial charge in [-0.3, -0.25) is 0 Å². The number of hydrogen-bond acceptors (Lipinski definition) is 4. The second-order valence-corrected chi connectivity index (χ2v) is 7.03. The van der Waals surface area contributed by atoms with Crippen molar-refractivity contribution in [3.63, 3.8) is 0 Å². The lowest BCUT2D eigenvalue weighted by Gasteiger charge is -2.32. The molecule has 0 spiro atoms. The molecule has 2 aromatic rings. The molecule has 0 atom stereocenters. The van der Waals surface area contributed by atoms with Crippen molar-refractivity contribution in [1.29, 1.82) is 0 Å². The summed E-state index contributed by atoms with van der Waals surface area (Å²) in [6.07, 6.45) is 1.83. The van der Waals surface area contributed by atoms with Crippen LogP contribution in [0.2, 0.25) is 0 Å². The van der Waals surface area contributed by atoms with E-state index >= 15 is 0 Å². The molecule has 4 heterocycles. The molecular formula is C16H21BN2O3. The molecule has 2 aliphatic heterocycles. The topological polar surface area (TPSA) is 45.5 Å². The summed E-state index contributed by atoms with van der Waals surface area (Å²) in [7, 11) is -0.380. The molecule has 116 valence electrons. The van der Waals surface area contributed by atoms with Crippen LogP contribution in [0, 0.1) is 0 Å². The summed E-state index contributed by atoms with van der Waals surface area (Å²) in [6.45, 7) is 10.4. The Morgan fingerprint density at radius 1 is 1.18 bits per heavy atom. The van der Waals surface area contributed by atoms with Crippen molar-refractivity contribution in [3.05, 3.63) is 24.0 Å². The van der Waals surface area contributed by atoms with Crippen molar-refractivity contribution in [1.82, 2.24) is 9.55 Å². The molecule has 2 aliphatic rings. The molecule has 0 amide bonds. The van der Waals surface area contributed by atoms with Crippen molar-refractivity contribution in [3.8, 4) is 0 Å². The van der Waals surface area contributed by atoms with E-state index in [4.69, 9.17) is 14.0 Å². The zero-order chi connectivity index (χ0) is 15.5. The monoisotopic (exact) mass is 300 g/mol. The Labute approximate surface area is 130 Å². The highest BCUT2D eigenvalue weighted by atomic mass is 16.7. The number of pyridine rings is 1. The Kier molecular flexibility index (Phi) is 2.96. The van der Waals surface area contributed by atoms with Gasteiger partial charge < -0.3 is 18.6 Å². The van der Waals surface area contributed by atoms with Crippen LogP contribution in [-0.4, -0.2) is 34.5 Å². The molecule has 0 aliphatic carbocycles. The summed E-state index contributed by atoms with van der Waals surface area (Å²) < 4.78 is 20.4. The van der Waals surface area contributed by atoms with Crippen molar-refractivity contribution in [2.45, 2.75) is 52.0 Å². The van der Waals surface area contributed by atoms with E-state index in [0.717, 1.165) is 35.3 Å². The summed E-state index contributed by atoms with van der Waals surface area (Å²) in [5.74, 6) is 0. The summed E-state index contributed by atoms with van der Waals surface area (Å²) in [4.78, 5) is 4.56. The lowest BCUT2D eigenvalue weighted by Crippen LogP contribution is -2.41. The minimum Gasteiger partial charge on any atom is -0.399 e. The van der Waals surface area contributed by atoms with Gasteiger partial charge in [0.2, 0.25) is 0 Å². The predicted molar refractivity (Wildman–Crippen MR) is 85.1 cm³/mol. The van der Waals surface area contributed by atoms with Gasteiger partial charge >= 0.3 is 7.12 Å². The minimum atomic E-state index is -0.380. The molecule has 4 rings (SSSR count). The summed E-state index contributed by atoms with van der Waals surface area (Å²) >= 11 is 0. The molecule has 1 saturated heterocycles. The third-order valence-corrected chi connectivity index (χ3v) is 5.16. The van der Waals surface area contributed by atoms with Gasteiger partial charge in [0.25, 0.3) is 0 Å². The molecule has 0 aromatic carbocycles. The third kappa shape index (κ3) is 1.87.